The molecule has 0 saturated carbocycles. The van der Waals surface area contributed by atoms with E-state index in [1.54, 1.807) is 12.1 Å². The number of benzene rings is 4. The zero-order chi connectivity index (χ0) is 21.9. The number of aromatic hydroxyl groups is 1. The van der Waals surface area contributed by atoms with Crippen LogP contribution in [0.2, 0.25) is 0 Å². The smallest absolute Gasteiger partial charge is 0.407 e. The minimum atomic E-state index is -0.489. The van der Waals surface area contributed by atoms with E-state index in [1.807, 2.05) is 48.5 Å². The summed E-state index contributed by atoms with van der Waals surface area (Å²) in [5.74, 6) is 6.28. The van der Waals surface area contributed by atoms with Gasteiger partial charge in [-0.1, -0.05) is 84.6 Å². The summed E-state index contributed by atoms with van der Waals surface area (Å²) < 4.78 is 5.53. The van der Waals surface area contributed by atoms with Gasteiger partial charge in [-0.3, -0.25) is 0 Å². The Labute approximate surface area is 186 Å². The van der Waals surface area contributed by atoms with Gasteiger partial charge in [0.1, 0.15) is 12.4 Å². The fourth-order valence-electron chi connectivity index (χ4n) is 4.30. The van der Waals surface area contributed by atoms with Crippen LogP contribution in [-0.2, 0) is 4.74 Å². The first kappa shape index (κ1) is 19.7. The minimum Gasteiger partial charge on any atom is -0.507 e. The second-order valence-electron chi connectivity index (χ2n) is 7.66. The van der Waals surface area contributed by atoms with Crippen LogP contribution in [0.4, 0.5) is 4.79 Å². The molecule has 2 N–H and O–H groups in total. The number of hydrogen-bond acceptors (Lipinski definition) is 3. The first-order chi connectivity index (χ1) is 15.7. The number of ether oxygens (including phenoxy) is 1. The molecule has 1 amide bonds. The molecule has 0 bridgehead atoms. The lowest BCUT2D eigenvalue weighted by Crippen LogP contribution is -2.26. The normalized spacial score (nSPS) is 11.9. The number of nitrogens with one attached hydrogen (secondary N) is 1. The summed E-state index contributed by atoms with van der Waals surface area (Å²) in [5.41, 5.74) is 5.56. The van der Waals surface area contributed by atoms with Crippen molar-refractivity contribution in [2.24, 2.45) is 0 Å². The first-order valence-corrected chi connectivity index (χ1v) is 10.5. The van der Waals surface area contributed by atoms with Crippen molar-refractivity contribution in [1.29, 1.82) is 0 Å². The van der Waals surface area contributed by atoms with Gasteiger partial charge in [0.25, 0.3) is 0 Å². The summed E-state index contributed by atoms with van der Waals surface area (Å²) >= 11 is 0. The molecule has 0 spiro atoms. The van der Waals surface area contributed by atoms with Gasteiger partial charge in [-0.05, 0) is 34.4 Å². The van der Waals surface area contributed by atoms with Crippen molar-refractivity contribution in [3.05, 3.63) is 102 Å². The van der Waals surface area contributed by atoms with Gasteiger partial charge in [0, 0.05) is 22.3 Å². The summed E-state index contributed by atoms with van der Waals surface area (Å²) in [5, 5.41) is 14.3. The van der Waals surface area contributed by atoms with Crippen molar-refractivity contribution in [3.63, 3.8) is 0 Å². The summed E-state index contributed by atoms with van der Waals surface area (Å²) in [4.78, 5) is 12.3. The molecule has 4 heteroatoms. The fourth-order valence-corrected chi connectivity index (χ4v) is 4.30. The van der Waals surface area contributed by atoms with Crippen LogP contribution >= 0.6 is 0 Å². The second-order valence-corrected chi connectivity index (χ2v) is 7.66. The molecular formula is C28H21NO3. The van der Waals surface area contributed by atoms with E-state index in [2.05, 4.69) is 41.4 Å². The predicted molar refractivity (Wildman–Crippen MR) is 126 cm³/mol. The van der Waals surface area contributed by atoms with E-state index in [9.17, 15) is 9.90 Å². The Balaban J connectivity index is 1.22. The highest BCUT2D eigenvalue weighted by molar-refractivity contribution is 5.92. The quantitative estimate of drug-likeness (QED) is 0.435. The third-order valence-corrected chi connectivity index (χ3v) is 5.79. The van der Waals surface area contributed by atoms with Crippen molar-refractivity contribution in [1.82, 2.24) is 5.32 Å². The molecule has 0 aromatic heterocycles. The van der Waals surface area contributed by atoms with Crippen molar-refractivity contribution >= 4 is 16.9 Å². The van der Waals surface area contributed by atoms with E-state index in [-0.39, 0.29) is 24.8 Å². The number of fused-ring (bicyclic) bond motifs is 4. The Kier molecular flexibility index (Phi) is 5.23. The Morgan fingerprint density at radius 3 is 2.19 bits per heavy atom. The molecule has 5 rings (SSSR count). The van der Waals surface area contributed by atoms with Gasteiger partial charge in [0.2, 0.25) is 0 Å². The van der Waals surface area contributed by atoms with Gasteiger partial charge in [-0.25, -0.2) is 4.79 Å². The van der Waals surface area contributed by atoms with E-state index in [1.165, 1.54) is 22.3 Å². The molecule has 156 valence electrons. The molecule has 4 aromatic carbocycles. The van der Waals surface area contributed by atoms with E-state index in [0.717, 1.165) is 16.3 Å². The van der Waals surface area contributed by atoms with Gasteiger partial charge in [0.15, 0.2) is 0 Å². The molecule has 0 unspecified atom stereocenters. The Morgan fingerprint density at radius 2 is 1.47 bits per heavy atom. The average Bonchev–Trinajstić information content (AvgIpc) is 3.16. The monoisotopic (exact) mass is 419 g/mol. The number of rotatable bonds is 3. The van der Waals surface area contributed by atoms with Crippen molar-refractivity contribution in [2.75, 3.05) is 13.2 Å². The van der Waals surface area contributed by atoms with Crippen molar-refractivity contribution in [2.45, 2.75) is 5.92 Å². The van der Waals surface area contributed by atoms with Crippen LogP contribution in [0.15, 0.2) is 84.9 Å². The van der Waals surface area contributed by atoms with Crippen LogP contribution < -0.4 is 5.32 Å². The lowest BCUT2D eigenvalue weighted by atomic mass is 9.98. The zero-order valence-electron chi connectivity index (χ0n) is 17.3. The molecule has 1 aliphatic carbocycles. The zero-order valence-corrected chi connectivity index (χ0v) is 17.3. The molecular weight excluding hydrogens is 398 g/mol. The number of carbonyl (C=O) groups is 1. The average molecular weight is 419 g/mol. The molecule has 0 fully saturated rings. The molecule has 0 atom stereocenters. The van der Waals surface area contributed by atoms with E-state index < -0.39 is 6.09 Å². The van der Waals surface area contributed by atoms with Gasteiger partial charge in [0.05, 0.1) is 6.54 Å². The third kappa shape index (κ3) is 3.66. The largest absolute Gasteiger partial charge is 0.507 e. The van der Waals surface area contributed by atoms with Crippen molar-refractivity contribution < 1.29 is 14.6 Å². The number of phenols is 1. The van der Waals surface area contributed by atoms with Gasteiger partial charge < -0.3 is 15.2 Å². The molecule has 0 radical (unpaired) electrons. The highest BCUT2D eigenvalue weighted by Crippen LogP contribution is 2.44. The molecule has 4 aromatic rings. The molecule has 0 heterocycles. The molecule has 1 aliphatic rings. The summed E-state index contributed by atoms with van der Waals surface area (Å²) in [6, 6.07) is 27.4. The van der Waals surface area contributed by atoms with Crippen LogP contribution in [0, 0.1) is 11.8 Å². The molecule has 0 saturated heterocycles. The number of carbonyl (C=O) groups excluding carboxylic acids is 1. The topological polar surface area (TPSA) is 58.6 Å². The summed E-state index contributed by atoms with van der Waals surface area (Å²) in [6.07, 6.45) is -0.489. The highest BCUT2D eigenvalue weighted by Gasteiger charge is 2.28. The molecule has 32 heavy (non-hydrogen) atoms. The lowest BCUT2D eigenvalue weighted by Gasteiger charge is -2.14. The van der Waals surface area contributed by atoms with Crippen LogP contribution in [0.5, 0.6) is 5.75 Å². The molecule has 4 nitrogen and oxygen atoms in total. The summed E-state index contributed by atoms with van der Waals surface area (Å²) in [7, 11) is 0. The Hall–Kier alpha value is -4.23. The van der Waals surface area contributed by atoms with Crippen LogP contribution in [0.25, 0.3) is 21.9 Å². The van der Waals surface area contributed by atoms with Crippen LogP contribution in [-0.4, -0.2) is 24.4 Å². The predicted octanol–water partition coefficient (Wildman–Crippen LogP) is 5.44. The maximum absolute atomic E-state index is 12.3. The maximum atomic E-state index is 12.3. The van der Waals surface area contributed by atoms with Crippen LogP contribution in [0.3, 0.4) is 0 Å². The Bertz CT molecular complexity index is 1330. The number of phenolic OH excluding ortho intramolecular Hbond substituents is 1. The fraction of sp³-hybridized carbons (Fsp3) is 0.107. The molecule has 0 aliphatic heterocycles. The summed E-state index contributed by atoms with van der Waals surface area (Å²) in [6.45, 7) is 0.446. The third-order valence-electron chi connectivity index (χ3n) is 5.79. The number of amides is 1. The van der Waals surface area contributed by atoms with Gasteiger partial charge in [-0.15, -0.1) is 0 Å². The minimum absolute atomic E-state index is 0.0302. The maximum Gasteiger partial charge on any atom is 0.407 e. The van der Waals surface area contributed by atoms with E-state index in [0.29, 0.717) is 0 Å². The highest BCUT2D eigenvalue weighted by atomic mass is 16.5. The lowest BCUT2D eigenvalue weighted by molar-refractivity contribution is 0.144. The van der Waals surface area contributed by atoms with Crippen molar-refractivity contribution in [3.8, 4) is 28.7 Å². The van der Waals surface area contributed by atoms with E-state index >= 15 is 0 Å². The second kappa shape index (κ2) is 8.49. The van der Waals surface area contributed by atoms with Gasteiger partial charge in [-0.2, -0.15) is 0 Å². The first-order valence-electron chi connectivity index (χ1n) is 10.5. The van der Waals surface area contributed by atoms with E-state index in [4.69, 9.17) is 4.74 Å². The Morgan fingerprint density at radius 1 is 0.844 bits per heavy atom. The SMILES string of the molecule is O=C(NCC#Cc1ccc(O)c2ccccc12)OCC1c2ccccc2-c2ccccc21. The number of hydrogen-bond donors (Lipinski definition) is 2. The van der Waals surface area contributed by atoms with Crippen LogP contribution in [0.1, 0.15) is 22.6 Å². The standard InChI is InChI=1S/C28H21NO3/c30-27-16-15-19(20-9-1-6-14-25(20)27)8-7-17-29-28(31)32-18-26-23-12-4-2-10-21(23)22-11-3-5-13-24(22)26/h1-6,9-16,26,30H,17-18H2,(H,29,31). The number of alkyl carbamates (subject to hydrolysis) is 1. The van der Waals surface area contributed by atoms with Gasteiger partial charge >= 0.3 is 6.09 Å².